The second-order valence-electron chi connectivity index (χ2n) is 8.12. The van der Waals surface area contributed by atoms with E-state index in [1.807, 2.05) is 0 Å². The van der Waals surface area contributed by atoms with E-state index in [1.54, 1.807) is 6.20 Å². The minimum absolute atomic E-state index is 0.00648. The maximum atomic E-state index is 15.1. The first-order chi connectivity index (χ1) is 17.8. The summed E-state index contributed by atoms with van der Waals surface area (Å²) in [6.07, 6.45) is 1.75. The van der Waals surface area contributed by atoms with Crippen molar-refractivity contribution in [1.82, 2.24) is 20.1 Å². The Labute approximate surface area is 206 Å². The summed E-state index contributed by atoms with van der Waals surface area (Å²) < 4.78 is 41.9. The number of furan rings is 1. The van der Waals surface area contributed by atoms with Crippen molar-refractivity contribution in [3.8, 4) is 0 Å². The van der Waals surface area contributed by atoms with Gasteiger partial charge in [0.05, 0.1) is 44.2 Å². The topological polar surface area (TPSA) is 149 Å². The standard InChI is InChI=1S/C21H19F2N7O7/c22-15-9-13(28-12-14(36-21(28)32)11-27-4-3-24-25-27)10-16(23)19(15)26-5-6-29(35-8-7-26)20(31)17-1-2-18(37-17)30(33)34/h1-4,9-10,14H,5-8,11-12H2/t14-/m0/s1. The lowest BCUT2D eigenvalue weighted by Gasteiger charge is -2.24. The number of nitro groups is 1. The largest absolute Gasteiger partial charge is 0.442 e. The molecule has 2 aromatic heterocycles. The van der Waals surface area contributed by atoms with Gasteiger partial charge >= 0.3 is 17.9 Å². The summed E-state index contributed by atoms with van der Waals surface area (Å²) in [7, 11) is 0. The third-order valence-corrected chi connectivity index (χ3v) is 5.76. The number of benzene rings is 1. The number of cyclic esters (lactones) is 1. The van der Waals surface area contributed by atoms with Crippen LogP contribution in [0.2, 0.25) is 0 Å². The Hall–Kier alpha value is -4.60. The molecular weight excluding hydrogens is 500 g/mol. The number of hydrogen-bond acceptors (Lipinski definition) is 10. The van der Waals surface area contributed by atoms with Crippen LogP contribution >= 0.6 is 0 Å². The van der Waals surface area contributed by atoms with Crippen molar-refractivity contribution in [2.75, 3.05) is 42.6 Å². The Bertz CT molecular complexity index is 1310. The molecule has 1 atom stereocenters. The van der Waals surface area contributed by atoms with Gasteiger partial charge < -0.3 is 14.1 Å². The summed E-state index contributed by atoms with van der Waals surface area (Å²) in [6.45, 7) is 0.137. The molecule has 0 N–H and O–H groups in total. The van der Waals surface area contributed by atoms with Crippen molar-refractivity contribution in [2.24, 2.45) is 0 Å². The summed E-state index contributed by atoms with van der Waals surface area (Å²) in [5, 5.41) is 19.2. The Morgan fingerprint density at radius 3 is 2.65 bits per heavy atom. The molecule has 1 aromatic carbocycles. The van der Waals surface area contributed by atoms with Crippen LogP contribution in [0.3, 0.4) is 0 Å². The lowest BCUT2D eigenvalue weighted by molar-refractivity contribution is -0.402. The molecule has 4 heterocycles. The smallest absolute Gasteiger partial charge is 0.433 e. The van der Waals surface area contributed by atoms with Crippen LogP contribution in [-0.2, 0) is 16.1 Å². The third-order valence-electron chi connectivity index (χ3n) is 5.76. The zero-order valence-corrected chi connectivity index (χ0v) is 19.0. The number of hydroxylamine groups is 2. The molecule has 16 heteroatoms. The average molecular weight is 519 g/mol. The molecule has 2 aliphatic rings. The number of carbonyl (C=O) groups excluding carboxylic acids is 2. The predicted molar refractivity (Wildman–Crippen MR) is 119 cm³/mol. The van der Waals surface area contributed by atoms with Crippen LogP contribution in [0.15, 0.2) is 41.1 Å². The molecule has 194 valence electrons. The summed E-state index contributed by atoms with van der Waals surface area (Å²) in [5.41, 5.74) is -0.353. The molecular formula is C21H19F2N7O7. The van der Waals surface area contributed by atoms with Crippen LogP contribution in [0.4, 0.5) is 30.8 Å². The molecule has 2 saturated heterocycles. The van der Waals surface area contributed by atoms with Gasteiger partial charge in [0.2, 0.25) is 5.76 Å². The maximum absolute atomic E-state index is 15.1. The Morgan fingerprint density at radius 2 is 1.97 bits per heavy atom. The minimum atomic E-state index is -0.913. The van der Waals surface area contributed by atoms with Crippen molar-refractivity contribution in [3.05, 3.63) is 64.2 Å². The Morgan fingerprint density at radius 1 is 1.19 bits per heavy atom. The Kier molecular flexibility index (Phi) is 6.39. The van der Waals surface area contributed by atoms with Crippen LogP contribution in [-0.4, -0.2) is 75.9 Å². The number of hydrogen-bond donors (Lipinski definition) is 0. The highest BCUT2D eigenvalue weighted by Gasteiger charge is 2.34. The number of rotatable bonds is 6. The molecule has 14 nitrogen and oxygen atoms in total. The summed E-state index contributed by atoms with van der Waals surface area (Å²) in [6, 6.07) is 4.25. The maximum Gasteiger partial charge on any atom is 0.433 e. The first-order valence-electron chi connectivity index (χ1n) is 11.1. The second kappa shape index (κ2) is 9.81. The number of halogens is 2. The summed E-state index contributed by atoms with van der Waals surface area (Å²) in [4.78, 5) is 42.8. The predicted octanol–water partition coefficient (Wildman–Crippen LogP) is 1.98. The van der Waals surface area contributed by atoms with E-state index in [9.17, 15) is 19.7 Å². The van der Waals surface area contributed by atoms with Gasteiger partial charge in [-0.2, -0.15) is 0 Å². The van der Waals surface area contributed by atoms with Gasteiger partial charge in [0.1, 0.15) is 16.7 Å². The third kappa shape index (κ3) is 4.90. The first kappa shape index (κ1) is 24.1. The van der Waals surface area contributed by atoms with Crippen LogP contribution in [0.25, 0.3) is 0 Å². The quantitative estimate of drug-likeness (QED) is 0.349. The normalized spacial score (nSPS) is 18.2. The van der Waals surface area contributed by atoms with E-state index in [0.717, 1.165) is 34.2 Å². The van der Waals surface area contributed by atoms with E-state index in [0.29, 0.717) is 0 Å². The summed E-state index contributed by atoms with van der Waals surface area (Å²) >= 11 is 0. The zero-order chi connectivity index (χ0) is 26.1. The van der Waals surface area contributed by atoms with Crippen LogP contribution in [0.1, 0.15) is 10.6 Å². The number of amides is 2. The van der Waals surface area contributed by atoms with E-state index in [1.165, 1.54) is 15.8 Å². The van der Waals surface area contributed by atoms with E-state index < -0.39 is 40.5 Å². The Balaban J connectivity index is 1.27. The van der Waals surface area contributed by atoms with Gasteiger partial charge in [0.15, 0.2) is 11.6 Å². The fraction of sp³-hybridized carbons (Fsp3) is 0.333. The van der Waals surface area contributed by atoms with Crippen molar-refractivity contribution >= 4 is 29.3 Å². The van der Waals surface area contributed by atoms with E-state index in [2.05, 4.69) is 10.3 Å². The van der Waals surface area contributed by atoms with Crippen LogP contribution in [0.5, 0.6) is 0 Å². The highest BCUT2D eigenvalue weighted by atomic mass is 19.1. The number of ether oxygens (including phenoxy) is 1. The van der Waals surface area contributed by atoms with E-state index in [-0.39, 0.29) is 56.5 Å². The summed E-state index contributed by atoms with van der Waals surface area (Å²) in [5.74, 6) is -3.50. The van der Waals surface area contributed by atoms with Crippen molar-refractivity contribution in [2.45, 2.75) is 12.6 Å². The molecule has 2 fully saturated rings. The number of carbonyl (C=O) groups is 2. The fourth-order valence-corrected chi connectivity index (χ4v) is 4.07. The lowest BCUT2D eigenvalue weighted by atomic mass is 10.2. The van der Waals surface area contributed by atoms with E-state index >= 15 is 8.78 Å². The number of anilines is 2. The van der Waals surface area contributed by atoms with Crippen molar-refractivity contribution < 1.29 is 37.3 Å². The minimum Gasteiger partial charge on any atom is -0.442 e. The average Bonchev–Trinajstić information content (AvgIpc) is 3.58. The molecule has 0 unspecified atom stereocenters. The zero-order valence-electron chi connectivity index (χ0n) is 19.0. The van der Waals surface area contributed by atoms with Gasteiger partial charge in [-0.15, -0.1) is 5.10 Å². The highest BCUT2D eigenvalue weighted by Crippen LogP contribution is 2.31. The molecule has 37 heavy (non-hydrogen) atoms. The highest BCUT2D eigenvalue weighted by molar-refractivity contribution is 5.91. The molecule has 0 bridgehead atoms. The van der Waals surface area contributed by atoms with Crippen molar-refractivity contribution in [1.29, 1.82) is 0 Å². The van der Waals surface area contributed by atoms with E-state index in [4.69, 9.17) is 14.0 Å². The molecule has 0 aliphatic carbocycles. The molecule has 2 amide bonds. The van der Waals surface area contributed by atoms with Gasteiger partial charge in [-0.1, -0.05) is 5.21 Å². The van der Waals surface area contributed by atoms with Gasteiger partial charge in [-0.25, -0.2) is 23.3 Å². The van der Waals surface area contributed by atoms with Gasteiger partial charge in [-0.05, 0) is 6.07 Å². The molecule has 0 spiro atoms. The number of aromatic nitrogens is 3. The molecule has 5 rings (SSSR count). The monoisotopic (exact) mass is 519 g/mol. The molecule has 0 radical (unpaired) electrons. The molecule has 0 saturated carbocycles. The van der Waals surface area contributed by atoms with Crippen LogP contribution in [0, 0.1) is 21.7 Å². The lowest BCUT2D eigenvalue weighted by Crippen LogP contribution is -2.34. The van der Waals surface area contributed by atoms with Crippen molar-refractivity contribution in [3.63, 3.8) is 0 Å². The second-order valence-corrected chi connectivity index (χ2v) is 8.12. The van der Waals surface area contributed by atoms with Gasteiger partial charge in [-0.3, -0.25) is 24.6 Å². The molecule has 2 aliphatic heterocycles. The number of nitrogens with zero attached hydrogens (tertiary/aromatic N) is 7. The molecule has 3 aromatic rings. The SMILES string of the molecule is O=C(c1ccc([N+](=O)[O-])o1)N1CCN(c2c(F)cc(N3C[C@H](Cn4ccnn4)OC3=O)cc2F)CCO1. The van der Waals surface area contributed by atoms with Gasteiger partial charge in [0.25, 0.3) is 0 Å². The first-order valence-corrected chi connectivity index (χ1v) is 11.1. The fourth-order valence-electron chi connectivity index (χ4n) is 4.07. The van der Waals surface area contributed by atoms with Crippen LogP contribution < -0.4 is 9.80 Å². The van der Waals surface area contributed by atoms with Gasteiger partial charge in [0, 0.05) is 31.4 Å².